The molecule has 0 saturated carbocycles. The SMILES string of the molecule is C=C(/C=C\C=C/CC)C(=O)OCC. The predicted octanol–water partition coefficient (Wildman–Crippen LogP) is 2.63. The van der Waals surface area contributed by atoms with Crippen LogP contribution in [0.25, 0.3) is 0 Å². The highest BCUT2D eigenvalue weighted by molar-refractivity contribution is 5.90. The summed E-state index contributed by atoms with van der Waals surface area (Å²) in [7, 11) is 0. The number of ether oxygens (including phenoxy) is 1. The number of allylic oxidation sites excluding steroid dienone is 3. The maximum atomic E-state index is 11.0. The molecule has 0 bridgehead atoms. The Balaban J connectivity index is 3.92. The summed E-state index contributed by atoms with van der Waals surface area (Å²) < 4.78 is 4.75. The fraction of sp³-hybridized carbons (Fsp3) is 0.364. The molecule has 2 nitrogen and oxygen atoms in total. The Bertz CT molecular complexity index is 224. The summed E-state index contributed by atoms with van der Waals surface area (Å²) >= 11 is 0. The second kappa shape index (κ2) is 7.35. The van der Waals surface area contributed by atoms with Gasteiger partial charge >= 0.3 is 5.97 Å². The first-order chi connectivity index (χ1) is 6.22. The van der Waals surface area contributed by atoms with E-state index in [4.69, 9.17) is 4.74 Å². The lowest BCUT2D eigenvalue weighted by Gasteiger charge is -1.98. The summed E-state index contributed by atoms with van der Waals surface area (Å²) in [6, 6.07) is 0. The zero-order chi connectivity index (χ0) is 10.1. The van der Waals surface area contributed by atoms with Gasteiger partial charge in [-0.3, -0.25) is 0 Å². The quantitative estimate of drug-likeness (QED) is 0.369. The second-order valence-corrected chi connectivity index (χ2v) is 2.44. The molecule has 0 radical (unpaired) electrons. The highest BCUT2D eigenvalue weighted by atomic mass is 16.5. The molecule has 0 aromatic heterocycles. The summed E-state index contributed by atoms with van der Waals surface area (Å²) in [6.45, 7) is 7.78. The van der Waals surface area contributed by atoms with Crippen molar-refractivity contribution in [2.24, 2.45) is 0 Å². The summed E-state index contributed by atoms with van der Waals surface area (Å²) in [4.78, 5) is 11.0. The van der Waals surface area contributed by atoms with Gasteiger partial charge in [0.05, 0.1) is 12.2 Å². The van der Waals surface area contributed by atoms with Gasteiger partial charge < -0.3 is 4.74 Å². The van der Waals surface area contributed by atoms with E-state index in [1.165, 1.54) is 0 Å². The van der Waals surface area contributed by atoms with Gasteiger partial charge in [0.15, 0.2) is 0 Å². The molecular formula is C11H16O2. The molecule has 0 aromatic rings. The zero-order valence-corrected chi connectivity index (χ0v) is 8.25. The number of carbonyl (C=O) groups excluding carboxylic acids is 1. The summed E-state index contributed by atoms with van der Waals surface area (Å²) in [5.74, 6) is -0.358. The molecule has 0 aliphatic heterocycles. The molecule has 0 spiro atoms. The molecule has 0 fully saturated rings. The Labute approximate surface area is 79.6 Å². The van der Waals surface area contributed by atoms with Crippen molar-refractivity contribution in [1.82, 2.24) is 0 Å². The molecule has 0 rings (SSSR count). The second-order valence-electron chi connectivity index (χ2n) is 2.44. The van der Waals surface area contributed by atoms with Crippen LogP contribution < -0.4 is 0 Å². The van der Waals surface area contributed by atoms with Gasteiger partial charge in [0, 0.05) is 0 Å². The average Bonchev–Trinajstić information content (AvgIpc) is 2.12. The van der Waals surface area contributed by atoms with Crippen molar-refractivity contribution in [2.45, 2.75) is 20.3 Å². The van der Waals surface area contributed by atoms with Crippen LogP contribution in [0.4, 0.5) is 0 Å². The number of carbonyl (C=O) groups is 1. The number of rotatable bonds is 5. The van der Waals surface area contributed by atoms with Crippen molar-refractivity contribution in [1.29, 1.82) is 0 Å². The molecular weight excluding hydrogens is 164 g/mol. The molecule has 0 N–H and O–H groups in total. The maximum Gasteiger partial charge on any atom is 0.337 e. The molecule has 13 heavy (non-hydrogen) atoms. The molecule has 0 aliphatic carbocycles. The van der Waals surface area contributed by atoms with Gasteiger partial charge in [-0.25, -0.2) is 4.79 Å². The first-order valence-corrected chi connectivity index (χ1v) is 4.41. The van der Waals surface area contributed by atoms with Gasteiger partial charge in [-0.05, 0) is 19.4 Å². The lowest BCUT2D eigenvalue weighted by Crippen LogP contribution is -2.04. The fourth-order valence-corrected chi connectivity index (χ4v) is 0.678. The van der Waals surface area contributed by atoms with Gasteiger partial charge in [-0.15, -0.1) is 0 Å². The molecule has 72 valence electrons. The fourth-order valence-electron chi connectivity index (χ4n) is 0.678. The average molecular weight is 180 g/mol. The van der Waals surface area contributed by atoms with E-state index in [-0.39, 0.29) is 5.97 Å². The van der Waals surface area contributed by atoms with E-state index in [2.05, 4.69) is 6.58 Å². The van der Waals surface area contributed by atoms with Crippen LogP contribution in [-0.4, -0.2) is 12.6 Å². The lowest BCUT2D eigenvalue weighted by atomic mass is 10.2. The normalized spacial score (nSPS) is 10.9. The number of hydrogen-bond donors (Lipinski definition) is 0. The Morgan fingerprint density at radius 1 is 1.38 bits per heavy atom. The lowest BCUT2D eigenvalue weighted by molar-refractivity contribution is -0.138. The standard InChI is InChI=1S/C11H16O2/c1-4-6-7-8-9-10(3)11(12)13-5-2/h6-9H,3-5H2,1-2H3/b7-6-,9-8-. The van der Waals surface area contributed by atoms with Crippen molar-refractivity contribution >= 4 is 5.97 Å². The number of hydrogen-bond acceptors (Lipinski definition) is 2. The highest BCUT2D eigenvalue weighted by Gasteiger charge is 2.01. The van der Waals surface area contributed by atoms with E-state index in [1.54, 1.807) is 19.1 Å². The van der Waals surface area contributed by atoms with Crippen molar-refractivity contribution < 1.29 is 9.53 Å². The van der Waals surface area contributed by atoms with Crippen LogP contribution >= 0.6 is 0 Å². The highest BCUT2D eigenvalue weighted by Crippen LogP contribution is 1.97. The first kappa shape index (κ1) is 11.7. The van der Waals surface area contributed by atoms with Gasteiger partial charge in [0.1, 0.15) is 0 Å². The van der Waals surface area contributed by atoms with Crippen molar-refractivity contribution in [3.05, 3.63) is 36.5 Å². The van der Waals surface area contributed by atoms with Gasteiger partial charge in [0.2, 0.25) is 0 Å². The molecule has 0 saturated heterocycles. The molecule has 0 aromatic carbocycles. The smallest absolute Gasteiger partial charge is 0.337 e. The Morgan fingerprint density at radius 3 is 2.62 bits per heavy atom. The maximum absolute atomic E-state index is 11.0. The van der Waals surface area contributed by atoms with Crippen LogP contribution in [0, 0.1) is 0 Å². The van der Waals surface area contributed by atoms with Gasteiger partial charge in [-0.2, -0.15) is 0 Å². The molecule has 2 heteroatoms. The molecule has 0 heterocycles. The Hall–Kier alpha value is -1.31. The molecule has 0 aliphatic rings. The third-order valence-corrected chi connectivity index (χ3v) is 1.32. The van der Waals surface area contributed by atoms with E-state index in [0.717, 1.165) is 6.42 Å². The summed E-state index contributed by atoms with van der Waals surface area (Å²) in [5, 5.41) is 0. The third kappa shape index (κ3) is 5.91. The zero-order valence-electron chi connectivity index (χ0n) is 8.25. The molecule has 0 amide bonds. The Morgan fingerprint density at radius 2 is 2.08 bits per heavy atom. The van der Waals surface area contributed by atoms with Crippen molar-refractivity contribution in [3.63, 3.8) is 0 Å². The van der Waals surface area contributed by atoms with Crippen molar-refractivity contribution in [3.8, 4) is 0 Å². The van der Waals surface area contributed by atoms with Crippen LogP contribution in [0.1, 0.15) is 20.3 Å². The van der Waals surface area contributed by atoms with E-state index in [9.17, 15) is 4.79 Å². The number of esters is 1. The summed E-state index contributed by atoms with van der Waals surface area (Å²) in [6.07, 6.45) is 8.28. The minimum atomic E-state index is -0.358. The van der Waals surface area contributed by atoms with Crippen LogP contribution in [0.15, 0.2) is 36.5 Å². The van der Waals surface area contributed by atoms with Crippen molar-refractivity contribution in [2.75, 3.05) is 6.61 Å². The minimum absolute atomic E-state index is 0.358. The van der Waals surface area contributed by atoms with E-state index in [1.807, 2.05) is 19.1 Å². The van der Waals surface area contributed by atoms with E-state index in [0.29, 0.717) is 12.2 Å². The topological polar surface area (TPSA) is 26.3 Å². The van der Waals surface area contributed by atoms with Crippen LogP contribution in [-0.2, 0) is 9.53 Å². The van der Waals surface area contributed by atoms with E-state index >= 15 is 0 Å². The van der Waals surface area contributed by atoms with Gasteiger partial charge in [0.25, 0.3) is 0 Å². The summed E-state index contributed by atoms with van der Waals surface area (Å²) in [5.41, 5.74) is 0.377. The van der Waals surface area contributed by atoms with Gasteiger partial charge in [-0.1, -0.05) is 31.7 Å². The van der Waals surface area contributed by atoms with E-state index < -0.39 is 0 Å². The predicted molar refractivity (Wildman–Crippen MR) is 54.3 cm³/mol. The molecule has 0 atom stereocenters. The minimum Gasteiger partial charge on any atom is -0.462 e. The van der Waals surface area contributed by atoms with Crippen LogP contribution in [0.2, 0.25) is 0 Å². The van der Waals surface area contributed by atoms with Crippen LogP contribution in [0.5, 0.6) is 0 Å². The largest absolute Gasteiger partial charge is 0.462 e. The van der Waals surface area contributed by atoms with Crippen LogP contribution in [0.3, 0.4) is 0 Å². The third-order valence-electron chi connectivity index (χ3n) is 1.32. The Kier molecular flexibility index (Phi) is 6.60. The molecule has 0 unspecified atom stereocenters. The first-order valence-electron chi connectivity index (χ1n) is 4.41. The monoisotopic (exact) mass is 180 g/mol.